The van der Waals surface area contributed by atoms with Gasteiger partial charge in [0.05, 0.1) is 12.8 Å². The number of methoxy groups -OCH3 is 1. The lowest BCUT2D eigenvalue weighted by molar-refractivity contribution is 0.412. The van der Waals surface area contributed by atoms with Crippen LogP contribution in [0.3, 0.4) is 0 Å². The topological polar surface area (TPSA) is 21.3 Å². The molecule has 6 heteroatoms. The minimum atomic E-state index is -1.55. The second-order valence-electron chi connectivity index (χ2n) is 2.34. The summed E-state index contributed by atoms with van der Waals surface area (Å²) in [4.78, 5) is 0. The maximum Gasteiger partial charge on any atom is 0.260 e. The Hall–Kier alpha value is -1.30. The second kappa shape index (κ2) is 4.28. The molecule has 0 aliphatic carbocycles. The van der Waals surface area contributed by atoms with Gasteiger partial charge in [0.2, 0.25) is 0 Å². The normalized spacial score (nSPS) is 9.71. The molecule has 0 aliphatic heterocycles. The zero-order valence-electron chi connectivity index (χ0n) is 7.11. The Morgan fingerprint density at radius 2 is 1.93 bits per heavy atom. The van der Waals surface area contributed by atoms with Gasteiger partial charge >= 0.3 is 0 Å². The highest BCUT2D eigenvalue weighted by Gasteiger charge is 2.13. The Kier molecular flexibility index (Phi) is 3.29. The van der Waals surface area contributed by atoms with Crippen LogP contribution in [0.15, 0.2) is 12.1 Å². The first-order valence-corrected chi connectivity index (χ1v) is 3.95. The SMILES string of the molecule is COC(=S)Nc1ccc(F)c(F)c1F. The van der Waals surface area contributed by atoms with Crippen LogP contribution >= 0.6 is 12.2 Å². The van der Waals surface area contributed by atoms with Gasteiger partial charge in [0.1, 0.15) is 0 Å². The summed E-state index contributed by atoms with van der Waals surface area (Å²) in [5, 5.41) is 2.13. The minimum Gasteiger partial charge on any atom is -0.474 e. The lowest BCUT2D eigenvalue weighted by atomic mass is 10.3. The molecule has 76 valence electrons. The number of anilines is 1. The van der Waals surface area contributed by atoms with Gasteiger partial charge in [-0.1, -0.05) is 0 Å². The molecule has 0 aliphatic rings. The van der Waals surface area contributed by atoms with Gasteiger partial charge in [-0.2, -0.15) is 0 Å². The van der Waals surface area contributed by atoms with Crippen LogP contribution in [0.4, 0.5) is 18.9 Å². The van der Waals surface area contributed by atoms with E-state index in [1.54, 1.807) is 0 Å². The Morgan fingerprint density at radius 3 is 2.50 bits per heavy atom. The number of halogens is 3. The summed E-state index contributed by atoms with van der Waals surface area (Å²) in [6.07, 6.45) is 0. The molecule has 0 amide bonds. The summed E-state index contributed by atoms with van der Waals surface area (Å²) in [5.74, 6) is -4.13. The van der Waals surface area contributed by atoms with Crippen molar-refractivity contribution in [1.29, 1.82) is 0 Å². The Bertz CT molecular complexity index is 370. The highest BCUT2D eigenvalue weighted by atomic mass is 32.1. The van der Waals surface area contributed by atoms with E-state index in [9.17, 15) is 13.2 Å². The molecule has 0 atom stereocenters. The van der Waals surface area contributed by atoms with Gasteiger partial charge in [0, 0.05) is 0 Å². The highest BCUT2D eigenvalue weighted by Crippen LogP contribution is 2.19. The van der Waals surface area contributed by atoms with Crippen molar-refractivity contribution in [1.82, 2.24) is 0 Å². The van der Waals surface area contributed by atoms with Crippen molar-refractivity contribution in [2.45, 2.75) is 0 Å². The molecule has 0 heterocycles. The van der Waals surface area contributed by atoms with Crippen LogP contribution in [0.25, 0.3) is 0 Å². The summed E-state index contributed by atoms with van der Waals surface area (Å²) in [6, 6.07) is 1.82. The molecule has 1 rings (SSSR count). The summed E-state index contributed by atoms with van der Waals surface area (Å²) in [6.45, 7) is 0. The van der Waals surface area contributed by atoms with Crippen molar-refractivity contribution in [3.05, 3.63) is 29.6 Å². The minimum absolute atomic E-state index is 0.130. The van der Waals surface area contributed by atoms with E-state index in [-0.39, 0.29) is 10.9 Å². The Labute approximate surface area is 83.7 Å². The molecule has 0 saturated heterocycles. The molecular weight excluding hydrogens is 215 g/mol. The maximum atomic E-state index is 13.0. The van der Waals surface area contributed by atoms with E-state index < -0.39 is 17.5 Å². The molecule has 14 heavy (non-hydrogen) atoms. The number of nitrogens with one attached hydrogen (secondary N) is 1. The Balaban J connectivity index is 3.00. The van der Waals surface area contributed by atoms with Gasteiger partial charge in [-0.25, -0.2) is 13.2 Å². The smallest absolute Gasteiger partial charge is 0.260 e. The molecule has 0 fully saturated rings. The summed E-state index contributed by atoms with van der Waals surface area (Å²) in [5.41, 5.74) is -0.268. The van der Waals surface area contributed by atoms with Crippen molar-refractivity contribution in [3.63, 3.8) is 0 Å². The van der Waals surface area contributed by atoms with Crippen LogP contribution in [0.1, 0.15) is 0 Å². The fourth-order valence-electron chi connectivity index (χ4n) is 0.783. The largest absolute Gasteiger partial charge is 0.474 e. The number of hydrogen-bond acceptors (Lipinski definition) is 2. The van der Waals surface area contributed by atoms with Crippen molar-refractivity contribution in [2.75, 3.05) is 12.4 Å². The van der Waals surface area contributed by atoms with E-state index in [4.69, 9.17) is 0 Å². The molecule has 0 bridgehead atoms. The van der Waals surface area contributed by atoms with Gasteiger partial charge in [-0.05, 0) is 24.4 Å². The van der Waals surface area contributed by atoms with Crippen LogP contribution in [-0.2, 0) is 4.74 Å². The number of hydrogen-bond donors (Lipinski definition) is 1. The van der Waals surface area contributed by atoms with Gasteiger partial charge < -0.3 is 10.1 Å². The zero-order valence-corrected chi connectivity index (χ0v) is 7.92. The number of ether oxygens (including phenoxy) is 1. The fraction of sp³-hybridized carbons (Fsp3) is 0.125. The molecule has 0 saturated carbocycles. The highest BCUT2D eigenvalue weighted by molar-refractivity contribution is 7.80. The first kappa shape index (κ1) is 10.8. The summed E-state index contributed by atoms with van der Waals surface area (Å²) in [7, 11) is 1.27. The van der Waals surface area contributed by atoms with E-state index in [2.05, 4.69) is 22.3 Å². The van der Waals surface area contributed by atoms with Gasteiger partial charge in [0.25, 0.3) is 5.17 Å². The average Bonchev–Trinajstić information content (AvgIpc) is 2.19. The molecule has 0 unspecified atom stereocenters. The quantitative estimate of drug-likeness (QED) is 0.581. The van der Waals surface area contributed by atoms with Gasteiger partial charge in [0.15, 0.2) is 17.5 Å². The molecular formula is C8H6F3NOS. The number of rotatable bonds is 1. The van der Waals surface area contributed by atoms with Crippen LogP contribution < -0.4 is 5.32 Å². The monoisotopic (exact) mass is 221 g/mol. The predicted octanol–water partition coefficient (Wildman–Crippen LogP) is 2.45. The molecule has 0 aromatic heterocycles. The predicted molar refractivity (Wildman–Crippen MR) is 49.5 cm³/mol. The third kappa shape index (κ3) is 2.14. The molecule has 2 nitrogen and oxygen atoms in total. The van der Waals surface area contributed by atoms with E-state index in [1.807, 2.05) is 0 Å². The molecule has 0 radical (unpaired) electrons. The van der Waals surface area contributed by atoms with Crippen LogP contribution in [0.5, 0.6) is 0 Å². The molecule has 1 aromatic carbocycles. The van der Waals surface area contributed by atoms with Crippen molar-refractivity contribution in [2.24, 2.45) is 0 Å². The van der Waals surface area contributed by atoms with Crippen molar-refractivity contribution in [3.8, 4) is 0 Å². The third-order valence-electron chi connectivity index (χ3n) is 1.46. The first-order chi connectivity index (χ1) is 6.56. The van der Waals surface area contributed by atoms with Gasteiger partial charge in [-0.3, -0.25) is 0 Å². The van der Waals surface area contributed by atoms with E-state index in [1.165, 1.54) is 7.11 Å². The number of benzene rings is 1. The van der Waals surface area contributed by atoms with E-state index >= 15 is 0 Å². The lowest BCUT2D eigenvalue weighted by Crippen LogP contribution is -2.12. The standard InChI is InChI=1S/C8H6F3NOS/c1-13-8(14)12-5-3-2-4(9)6(10)7(5)11/h2-3H,1H3,(H,12,14). The van der Waals surface area contributed by atoms with Crippen LogP contribution in [0, 0.1) is 17.5 Å². The molecule has 0 spiro atoms. The lowest BCUT2D eigenvalue weighted by Gasteiger charge is -2.07. The Morgan fingerprint density at radius 1 is 1.29 bits per heavy atom. The molecule has 1 aromatic rings. The third-order valence-corrected chi connectivity index (χ3v) is 1.73. The van der Waals surface area contributed by atoms with Gasteiger partial charge in [-0.15, -0.1) is 0 Å². The van der Waals surface area contributed by atoms with E-state index in [0.29, 0.717) is 0 Å². The number of thiocarbonyl (C=S) groups is 1. The fourth-order valence-corrected chi connectivity index (χ4v) is 0.893. The van der Waals surface area contributed by atoms with Crippen LogP contribution in [-0.4, -0.2) is 12.3 Å². The summed E-state index contributed by atoms with van der Waals surface area (Å²) < 4.78 is 42.6. The van der Waals surface area contributed by atoms with Crippen LogP contribution in [0.2, 0.25) is 0 Å². The van der Waals surface area contributed by atoms with Crippen molar-refractivity contribution < 1.29 is 17.9 Å². The average molecular weight is 221 g/mol. The molecule has 1 N–H and O–H groups in total. The van der Waals surface area contributed by atoms with E-state index in [0.717, 1.165) is 12.1 Å². The second-order valence-corrected chi connectivity index (χ2v) is 2.71. The zero-order chi connectivity index (χ0) is 10.7. The maximum absolute atomic E-state index is 13.0. The summed E-state index contributed by atoms with van der Waals surface area (Å²) >= 11 is 4.56. The first-order valence-electron chi connectivity index (χ1n) is 3.54. The van der Waals surface area contributed by atoms with Crippen molar-refractivity contribution >= 4 is 23.1 Å².